The average Bonchev–Trinajstić information content (AvgIpc) is 2.57. The molecule has 0 radical (unpaired) electrons. The zero-order valence-electron chi connectivity index (χ0n) is 11.2. The van der Waals surface area contributed by atoms with Crippen LogP contribution >= 0.6 is 0 Å². The van der Waals surface area contributed by atoms with Gasteiger partial charge >= 0.3 is 0 Å². The Labute approximate surface area is 99.2 Å². The summed E-state index contributed by atoms with van der Waals surface area (Å²) < 4.78 is 1.88. The Hall–Kier alpha value is -0.830. The van der Waals surface area contributed by atoms with Crippen molar-refractivity contribution in [1.82, 2.24) is 15.1 Å². The number of hydrogen-bond donors (Lipinski definition) is 1. The zero-order valence-corrected chi connectivity index (χ0v) is 11.2. The quantitative estimate of drug-likeness (QED) is 0.829. The Balaban J connectivity index is 2.63. The summed E-state index contributed by atoms with van der Waals surface area (Å²) in [4.78, 5) is 0. The smallest absolute Gasteiger partial charge is 0.0521 e. The highest BCUT2D eigenvalue weighted by Crippen LogP contribution is 2.28. The molecule has 0 aliphatic carbocycles. The molecular formula is C13H25N3. The number of rotatable bonds is 5. The van der Waals surface area contributed by atoms with E-state index in [-0.39, 0.29) is 0 Å². The number of nitrogens with zero attached hydrogens (tertiary/aromatic N) is 2. The Bertz CT molecular complexity index is 309. The lowest BCUT2D eigenvalue weighted by atomic mass is 9.77. The minimum absolute atomic E-state index is 0.331. The standard InChI is InChI=1S/C13H25N3/c1-6-14-9-12(13(2,3)4)7-11-8-15-16(5)10-11/h8,10,12,14H,6-7,9H2,1-5H3. The predicted octanol–water partition coefficient (Wildman–Crippen LogP) is 2.23. The Morgan fingerprint density at radius 3 is 2.56 bits per heavy atom. The van der Waals surface area contributed by atoms with E-state index in [1.54, 1.807) is 0 Å². The van der Waals surface area contributed by atoms with E-state index in [1.165, 1.54) is 5.56 Å². The molecule has 0 aromatic carbocycles. The summed E-state index contributed by atoms with van der Waals surface area (Å²) in [5.74, 6) is 0.650. The molecule has 0 bridgehead atoms. The van der Waals surface area contributed by atoms with Crippen molar-refractivity contribution in [2.45, 2.75) is 34.1 Å². The maximum Gasteiger partial charge on any atom is 0.0521 e. The van der Waals surface area contributed by atoms with Crippen LogP contribution in [-0.4, -0.2) is 22.9 Å². The van der Waals surface area contributed by atoms with Crippen molar-refractivity contribution in [1.29, 1.82) is 0 Å². The lowest BCUT2D eigenvalue weighted by Gasteiger charge is -2.30. The summed E-state index contributed by atoms with van der Waals surface area (Å²) in [6.45, 7) is 11.2. The summed E-state index contributed by atoms with van der Waals surface area (Å²) in [5.41, 5.74) is 1.66. The lowest BCUT2D eigenvalue weighted by molar-refractivity contribution is 0.232. The molecule has 1 heterocycles. The van der Waals surface area contributed by atoms with Gasteiger partial charge in [0.05, 0.1) is 6.20 Å². The first-order valence-electron chi connectivity index (χ1n) is 6.11. The van der Waals surface area contributed by atoms with Crippen LogP contribution in [0.25, 0.3) is 0 Å². The van der Waals surface area contributed by atoms with Crippen LogP contribution in [0.3, 0.4) is 0 Å². The lowest BCUT2D eigenvalue weighted by Crippen LogP contribution is -2.33. The third kappa shape index (κ3) is 3.97. The largest absolute Gasteiger partial charge is 0.317 e. The molecule has 3 nitrogen and oxygen atoms in total. The molecule has 0 aliphatic rings. The third-order valence-corrected chi connectivity index (χ3v) is 3.11. The molecule has 0 amide bonds. The Morgan fingerprint density at radius 1 is 1.44 bits per heavy atom. The average molecular weight is 223 g/mol. The third-order valence-electron chi connectivity index (χ3n) is 3.11. The summed E-state index contributed by atoms with van der Waals surface area (Å²) in [5, 5.41) is 7.68. The van der Waals surface area contributed by atoms with Gasteiger partial charge in [-0.2, -0.15) is 5.10 Å². The summed E-state index contributed by atoms with van der Waals surface area (Å²) in [7, 11) is 1.97. The van der Waals surface area contributed by atoms with Crippen LogP contribution in [0.4, 0.5) is 0 Å². The van der Waals surface area contributed by atoms with Gasteiger partial charge in [0.1, 0.15) is 0 Å². The van der Waals surface area contributed by atoms with E-state index in [9.17, 15) is 0 Å². The van der Waals surface area contributed by atoms with E-state index in [1.807, 2.05) is 17.9 Å². The molecule has 0 aliphatic heterocycles. The first-order valence-corrected chi connectivity index (χ1v) is 6.11. The molecular weight excluding hydrogens is 198 g/mol. The molecule has 92 valence electrons. The predicted molar refractivity (Wildman–Crippen MR) is 68.4 cm³/mol. The number of nitrogens with one attached hydrogen (secondary N) is 1. The maximum atomic E-state index is 4.23. The highest BCUT2D eigenvalue weighted by molar-refractivity contribution is 5.06. The van der Waals surface area contributed by atoms with E-state index in [0.717, 1.165) is 19.5 Å². The SMILES string of the molecule is CCNCC(Cc1cnn(C)c1)C(C)(C)C. The second-order valence-electron chi connectivity index (χ2n) is 5.60. The molecule has 1 aromatic heterocycles. The van der Waals surface area contributed by atoms with Gasteiger partial charge in [-0.05, 0) is 36.4 Å². The molecule has 1 aromatic rings. The van der Waals surface area contributed by atoms with Crippen molar-refractivity contribution in [2.75, 3.05) is 13.1 Å². The van der Waals surface area contributed by atoms with Crippen LogP contribution in [0, 0.1) is 11.3 Å². The van der Waals surface area contributed by atoms with E-state index >= 15 is 0 Å². The van der Waals surface area contributed by atoms with Gasteiger partial charge in [0.2, 0.25) is 0 Å². The van der Waals surface area contributed by atoms with Crippen molar-refractivity contribution >= 4 is 0 Å². The Morgan fingerprint density at radius 2 is 2.12 bits per heavy atom. The molecule has 0 spiro atoms. The fraction of sp³-hybridized carbons (Fsp3) is 0.769. The molecule has 0 fully saturated rings. The molecule has 0 saturated heterocycles. The second kappa shape index (κ2) is 5.48. The van der Waals surface area contributed by atoms with Crippen LogP contribution in [0.2, 0.25) is 0 Å². The molecule has 0 saturated carbocycles. The van der Waals surface area contributed by atoms with Crippen molar-refractivity contribution in [2.24, 2.45) is 18.4 Å². The van der Waals surface area contributed by atoms with Gasteiger partial charge in [-0.3, -0.25) is 4.68 Å². The first kappa shape index (κ1) is 13.2. The number of aromatic nitrogens is 2. The number of hydrogen-bond acceptors (Lipinski definition) is 2. The van der Waals surface area contributed by atoms with Crippen molar-refractivity contribution in [3.8, 4) is 0 Å². The maximum absolute atomic E-state index is 4.23. The first-order chi connectivity index (χ1) is 7.43. The van der Waals surface area contributed by atoms with Crippen LogP contribution in [-0.2, 0) is 13.5 Å². The van der Waals surface area contributed by atoms with Gasteiger partial charge in [0.15, 0.2) is 0 Å². The van der Waals surface area contributed by atoms with Crippen LogP contribution < -0.4 is 5.32 Å². The van der Waals surface area contributed by atoms with Crippen molar-refractivity contribution in [3.63, 3.8) is 0 Å². The van der Waals surface area contributed by atoms with E-state index < -0.39 is 0 Å². The van der Waals surface area contributed by atoms with Gasteiger partial charge < -0.3 is 5.32 Å². The Kier molecular flexibility index (Phi) is 4.54. The normalized spacial score (nSPS) is 14.1. The van der Waals surface area contributed by atoms with E-state index in [4.69, 9.17) is 0 Å². The summed E-state index contributed by atoms with van der Waals surface area (Å²) in [6, 6.07) is 0. The van der Waals surface area contributed by atoms with Crippen molar-refractivity contribution in [3.05, 3.63) is 18.0 Å². The van der Waals surface area contributed by atoms with E-state index in [0.29, 0.717) is 11.3 Å². The highest BCUT2D eigenvalue weighted by atomic mass is 15.2. The highest BCUT2D eigenvalue weighted by Gasteiger charge is 2.24. The molecule has 16 heavy (non-hydrogen) atoms. The molecule has 1 unspecified atom stereocenters. The monoisotopic (exact) mass is 223 g/mol. The zero-order chi connectivity index (χ0) is 12.2. The number of aryl methyl sites for hydroxylation is 1. The minimum atomic E-state index is 0.331. The van der Waals surface area contributed by atoms with Crippen LogP contribution in [0.1, 0.15) is 33.3 Å². The van der Waals surface area contributed by atoms with Gasteiger partial charge in [0, 0.05) is 13.2 Å². The van der Waals surface area contributed by atoms with Crippen LogP contribution in [0.15, 0.2) is 12.4 Å². The molecule has 1 rings (SSSR count). The second-order valence-corrected chi connectivity index (χ2v) is 5.60. The van der Waals surface area contributed by atoms with Gasteiger partial charge in [-0.25, -0.2) is 0 Å². The molecule has 1 N–H and O–H groups in total. The topological polar surface area (TPSA) is 29.9 Å². The van der Waals surface area contributed by atoms with Gasteiger partial charge in [-0.1, -0.05) is 27.7 Å². The fourth-order valence-corrected chi connectivity index (χ4v) is 1.86. The van der Waals surface area contributed by atoms with Crippen LogP contribution in [0.5, 0.6) is 0 Å². The van der Waals surface area contributed by atoms with Gasteiger partial charge in [0.25, 0.3) is 0 Å². The van der Waals surface area contributed by atoms with Crippen molar-refractivity contribution < 1.29 is 0 Å². The summed E-state index contributed by atoms with van der Waals surface area (Å²) in [6.07, 6.45) is 5.19. The minimum Gasteiger partial charge on any atom is -0.317 e. The molecule has 3 heteroatoms. The summed E-state index contributed by atoms with van der Waals surface area (Å²) >= 11 is 0. The fourth-order valence-electron chi connectivity index (χ4n) is 1.86. The molecule has 1 atom stereocenters. The van der Waals surface area contributed by atoms with E-state index in [2.05, 4.69) is 44.3 Å². The van der Waals surface area contributed by atoms with Gasteiger partial charge in [-0.15, -0.1) is 0 Å².